The van der Waals surface area contributed by atoms with Crippen LogP contribution < -0.4 is 10.6 Å². The maximum Gasteiger partial charge on any atom is 0.243 e. The number of carbonyl (C=O) groups excluding carboxylic acids is 3. The predicted molar refractivity (Wildman–Crippen MR) is 116 cm³/mol. The number of Topliss-reactive ketones (excluding diaryl/α,β-unsaturated/α-hetero) is 1. The second-order valence-corrected chi connectivity index (χ2v) is 8.12. The molecule has 3 atom stereocenters. The Morgan fingerprint density at radius 1 is 0.643 bits per heavy atom. The Hall–Kier alpha value is -1.39. The SMILES string of the molecule is CCCCC[C@H](NC(=O)[C@H](CCCCC)NC(=O)[C@@H](C)CCCCC)C(C)=O. The van der Waals surface area contributed by atoms with Gasteiger partial charge in [-0.2, -0.15) is 0 Å². The normalized spacial score (nSPS) is 14.2. The van der Waals surface area contributed by atoms with Gasteiger partial charge in [0.05, 0.1) is 6.04 Å². The lowest BCUT2D eigenvalue weighted by molar-refractivity contribution is -0.132. The zero-order valence-corrected chi connectivity index (χ0v) is 18.9. The molecule has 0 heterocycles. The van der Waals surface area contributed by atoms with E-state index in [1.54, 1.807) is 0 Å². The first-order chi connectivity index (χ1) is 13.4. The first kappa shape index (κ1) is 26.6. The molecule has 0 aromatic rings. The molecular formula is C23H44N2O3. The Morgan fingerprint density at radius 2 is 1.07 bits per heavy atom. The summed E-state index contributed by atoms with van der Waals surface area (Å²) in [5, 5.41) is 5.85. The quantitative estimate of drug-likeness (QED) is 0.343. The Kier molecular flexibility index (Phi) is 15.7. The molecule has 0 aliphatic heterocycles. The summed E-state index contributed by atoms with van der Waals surface area (Å²) in [5.74, 6) is -0.391. The van der Waals surface area contributed by atoms with E-state index in [2.05, 4.69) is 31.4 Å². The monoisotopic (exact) mass is 396 g/mol. The van der Waals surface area contributed by atoms with Crippen molar-refractivity contribution >= 4 is 17.6 Å². The number of carbonyl (C=O) groups is 3. The molecule has 0 fully saturated rings. The minimum Gasteiger partial charge on any atom is -0.345 e. The molecule has 0 aromatic carbocycles. The van der Waals surface area contributed by atoms with E-state index in [-0.39, 0.29) is 23.5 Å². The average molecular weight is 397 g/mol. The third-order valence-corrected chi connectivity index (χ3v) is 5.32. The van der Waals surface area contributed by atoms with Crippen molar-refractivity contribution in [1.82, 2.24) is 10.6 Å². The van der Waals surface area contributed by atoms with Crippen molar-refractivity contribution in [1.29, 1.82) is 0 Å². The summed E-state index contributed by atoms with van der Waals surface area (Å²) in [4.78, 5) is 37.3. The van der Waals surface area contributed by atoms with Crippen molar-refractivity contribution in [2.24, 2.45) is 5.92 Å². The summed E-state index contributed by atoms with van der Waals surface area (Å²) in [6, 6.07) is -1.01. The fraction of sp³-hybridized carbons (Fsp3) is 0.870. The molecule has 0 spiro atoms. The molecule has 5 nitrogen and oxygen atoms in total. The highest BCUT2D eigenvalue weighted by Crippen LogP contribution is 2.12. The van der Waals surface area contributed by atoms with Gasteiger partial charge in [-0.1, -0.05) is 85.5 Å². The van der Waals surface area contributed by atoms with Crippen LogP contribution in [0.5, 0.6) is 0 Å². The fourth-order valence-corrected chi connectivity index (χ4v) is 3.26. The Morgan fingerprint density at radius 3 is 1.54 bits per heavy atom. The number of amides is 2. The first-order valence-corrected chi connectivity index (χ1v) is 11.5. The van der Waals surface area contributed by atoms with Gasteiger partial charge in [0.25, 0.3) is 0 Å². The van der Waals surface area contributed by atoms with Crippen LogP contribution in [0.2, 0.25) is 0 Å². The largest absolute Gasteiger partial charge is 0.345 e. The zero-order chi connectivity index (χ0) is 21.4. The van der Waals surface area contributed by atoms with E-state index < -0.39 is 12.1 Å². The summed E-state index contributed by atoms with van der Waals surface area (Å²) in [6.45, 7) is 9.82. The Bertz CT molecular complexity index is 451. The summed E-state index contributed by atoms with van der Waals surface area (Å²) in [5.41, 5.74) is 0. The number of unbranched alkanes of at least 4 members (excludes halogenated alkanes) is 6. The number of ketones is 1. The van der Waals surface area contributed by atoms with E-state index >= 15 is 0 Å². The van der Waals surface area contributed by atoms with Crippen molar-refractivity contribution < 1.29 is 14.4 Å². The van der Waals surface area contributed by atoms with Gasteiger partial charge in [0, 0.05) is 5.92 Å². The van der Waals surface area contributed by atoms with Crippen LogP contribution in [0.15, 0.2) is 0 Å². The van der Waals surface area contributed by atoms with Crippen LogP contribution in [0.3, 0.4) is 0 Å². The van der Waals surface area contributed by atoms with Gasteiger partial charge in [-0.05, 0) is 26.2 Å². The molecule has 2 amide bonds. The van der Waals surface area contributed by atoms with E-state index in [9.17, 15) is 14.4 Å². The van der Waals surface area contributed by atoms with Crippen molar-refractivity contribution in [3.8, 4) is 0 Å². The molecule has 2 N–H and O–H groups in total. The molecule has 0 unspecified atom stereocenters. The van der Waals surface area contributed by atoms with Crippen molar-refractivity contribution in [2.45, 2.75) is 124 Å². The van der Waals surface area contributed by atoms with Crippen LogP contribution >= 0.6 is 0 Å². The number of nitrogens with one attached hydrogen (secondary N) is 2. The molecule has 0 radical (unpaired) electrons. The van der Waals surface area contributed by atoms with Gasteiger partial charge in [0.15, 0.2) is 5.78 Å². The minimum absolute atomic E-state index is 0.0176. The fourth-order valence-electron chi connectivity index (χ4n) is 3.26. The average Bonchev–Trinajstić information content (AvgIpc) is 2.66. The molecule has 0 bridgehead atoms. The van der Waals surface area contributed by atoms with E-state index in [4.69, 9.17) is 0 Å². The first-order valence-electron chi connectivity index (χ1n) is 11.5. The predicted octanol–water partition coefficient (Wildman–Crippen LogP) is 4.92. The topological polar surface area (TPSA) is 75.3 Å². The van der Waals surface area contributed by atoms with Gasteiger partial charge in [0.2, 0.25) is 11.8 Å². The lowest BCUT2D eigenvalue weighted by Gasteiger charge is -2.23. The third-order valence-electron chi connectivity index (χ3n) is 5.32. The van der Waals surface area contributed by atoms with Crippen LogP contribution in [0.4, 0.5) is 0 Å². The molecular weight excluding hydrogens is 352 g/mol. The maximum absolute atomic E-state index is 12.8. The summed E-state index contributed by atoms with van der Waals surface area (Å²) in [7, 11) is 0. The highest BCUT2D eigenvalue weighted by atomic mass is 16.2. The van der Waals surface area contributed by atoms with Gasteiger partial charge in [-0.3, -0.25) is 14.4 Å². The third kappa shape index (κ3) is 12.1. The second kappa shape index (κ2) is 16.6. The van der Waals surface area contributed by atoms with E-state index in [0.717, 1.165) is 64.2 Å². The van der Waals surface area contributed by atoms with Gasteiger partial charge >= 0.3 is 0 Å². The molecule has 0 aromatic heterocycles. The molecule has 0 rings (SSSR count). The maximum atomic E-state index is 12.8. The van der Waals surface area contributed by atoms with Crippen LogP contribution in [0.1, 0.15) is 112 Å². The van der Waals surface area contributed by atoms with Gasteiger partial charge < -0.3 is 10.6 Å². The summed E-state index contributed by atoms with van der Waals surface area (Å²) >= 11 is 0. The number of hydrogen-bond donors (Lipinski definition) is 2. The lowest BCUT2D eigenvalue weighted by Crippen LogP contribution is -2.52. The summed E-state index contributed by atoms with van der Waals surface area (Å²) in [6.07, 6.45) is 11.4. The van der Waals surface area contributed by atoms with Crippen LogP contribution in [0, 0.1) is 5.92 Å². The Labute approximate surface area is 172 Å². The Balaban J connectivity index is 4.86. The number of hydrogen-bond acceptors (Lipinski definition) is 3. The lowest BCUT2D eigenvalue weighted by atomic mass is 10.00. The molecule has 0 aliphatic rings. The van der Waals surface area contributed by atoms with E-state index in [1.807, 2.05) is 6.92 Å². The molecule has 0 aliphatic carbocycles. The van der Waals surface area contributed by atoms with Crippen molar-refractivity contribution in [3.63, 3.8) is 0 Å². The van der Waals surface area contributed by atoms with Gasteiger partial charge in [-0.25, -0.2) is 0 Å². The molecule has 0 saturated carbocycles. The summed E-state index contributed by atoms with van der Waals surface area (Å²) < 4.78 is 0. The number of rotatable bonds is 17. The van der Waals surface area contributed by atoms with Crippen LogP contribution in [0.25, 0.3) is 0 Å². The van der Waals surface area contributed by atoms with Gasteiger partial charge in [-0.15, -0.1) is 0 Å². The molecule has 5 heteroatoms. The van der Waals surface area contributed by atoms with Crippen LogP contribution in [-0.4, -0.2) is 29.7 Å². The van der Waals surface area contributed by atoms with Crippen LogP contribution in [-0.2, 0) is 14.4 Å². The standard InChI is InChI=1S/C23H44N2O3/c1-6-9-12-15-18(4)22(27)25-21(17-14-11-8-3)23(28)24-20(19(5)26)16-13-10-7-2/h18,20-21H,6-17H2,1-5H3,(H,24,28)(H,25,27)/t18-,20-,21-/m0/s1. The molecule has 0 saturated heterocycles. The minimum atomic E-state index is -0.555. The molecule has 28 heavy (non-hydrogen) atoms. The van der Waals surface area contributed by atoms with Crippen molar-refractivity contribution in [2.75, 3.05) is 0 Å². The van der Waals surface area contributed by atoms with Gasteiger partial charge in [0.1, 0.15) is 6.04 Å². The smallest absolute Gasteiger partial charge is 0.243 e. The van der Waals surface area contributed by atoms with E-state index in [1.165, 1.54) is 6.92 Å². The van der Waals surface area contributed by atoms with Crippen molar-refractivity contribution in [3.05, 3.63) is 0 Å². The zero-order valence-electron chi connectivity index (χ0n) is 18.9. The highest BCUT2D eigenvalue weighted by molar-refractivity contribution is 5.92. The second-order valence-electron chi connectivity index (χ2n) is 8.12. The highest BCUT2D eigenvalue weighted by Gasteiger charge is 2.26. The van der Waals surface area contributed by atoms with E-state index in [0.29, 0.717) is 12.8 Å². The molecule has 164 valence electrons.